The van der Waals surface area contributed by atoms with Crippen molar-refractivity contribution in [1.29, 1.82) is 0 Å². The topological polar surface area (TPSA) is 17.1 Å². The van der Waals surface area contributed by atoms with E-state index in [4.69, 9.17) is 0 Å². The zero-order valence-electron chi connectivity index (χ0n) is 14.6. The van der Waals surface area contributed by atoms with Crippen LogP contribution in [0.1, 0.15) is 72.1 Å². The quantitative estimate of drug-likeness (QED) is 0.592. The van der Waals surface area contributed by atoms with Crippen molar-refractivity contribution < 1.29 is 4.79 Å². The van der Waals surface area contributed by atoms with Gasteiger partial charge in [-0.05, 0) is 80.0 Å². The predicted molar refractivity (Wildman–Crippen MR) is 90.4 cm³/mol. The molecule has 3 fully saturated rings. The number of fused-ring (bicyclic) bond motifs is 5. The van der Waals surface area contributed by atoms with E-state index in [1.165, 1.54) is 44.9 Å². The molecular weight excluding hydrogens is 268 g/mol. The maximum absolute atomic E-state index is 12.1. The lowest BCUT2D eigenvalue weighted by molar-refractivity contribution is -0.127. The first-order chi connectivity index (χ1) is 10.5. The first-order valence-corrected chi connectivity index (χ1v) is 9.65. The molecule has 122 valence electrons. The fourth-order valence-electron chi connectivity index (χ4n) is 7.32. The Morgan fingerprint density at radius 3 is 2.45 bits per heavy atom. The van der Waals surface area contributed by atoms with Gasteiger partial charge in [-0.3, -0.25) is 4.79 Å². The standard InChI is InChI=1S/C21H32O/c1-14(22)17-9-10-18-16-8-7-15-6-4-5-12-20(15,2)19(16)11-13-21(17,18)3/h7-8,15-19H,4-6,9-13H2,1-3H3/t15?,16-,17+,18-,19-,20-,21+/m0/s1. The van der Waals surface area contributed by atoms with Crippen LogP contribution in [-0.2, 0) is 4.79 Å². The van der Waals surface area contributed by atoms with Gasteiger partial charge in [-0.25, -0.2) is 0 Å². The molecule has 0 bridgehead atoms. The molecule has 4 rings (SSSR count). The molecular formula is C21H32O. The fourth-order valence-corrected chi connectivity index (χ4v) is 7.32. The summed E-state index contributed by atoms with van der Waals surface area (Å²) in [6, 6.07) is 0. The molecule has 0 aliphatic heterocycles. The van der Waals surface area contributed by atoms with Gasteiger partial charge in [0.25, 0.3) is 0 Å². The molecule has 0 aromatic heterocycles. The highest BCUT2D eigenvalue weighted by Crippen LogP contribution is 2.65. The smallest absolute Gasteiger partial charge is 0.133 e. The third-order valence-corrected chi connectivity index (χ3v) is 8.56. The molecule has 0 aromatic carbocycles. The van der Waals surface area contributed by atoms with Crippen LogP contribution in [0, 0.1) is 40.4 Å². The van der Waals surface area contributed by atoms with Crippen LogP contribution in [-0.4, -0.2) is 5.78 Å². The van der Waals surface area contributed by atoms with Gasteiger partial charge < -0.3 is 0 Å². The van der Waals surface area contributed by atoms with Crippen molar-refractivity contribution in [3.8, 4) is 0 Å². The summed E-state index contributed by atoms with van der Waals surface area (Å²) < 4.78 is 0. The van der Waals surface area contributed by atoms with Crippen molar-refractivity contribution in [2.24, 2.45) is 40.4 Å². The summed E-state index contributed by atoms with van der Waals surface area (Å²) in [5, 5.41) is 0. The summed E-state index contributed by atoms with van der Waals surface area (Å²) in [4.78, 5) is 12.1. The molecule has 1 unspecified atom stereocenters. The molecule has 4 aliphatic rings. The number of carbonyl (C=O) groups is 1. The van der Waals surface area contributed by atoms with Gasteiger partial charge >= 0.3 is 0 Å². The normalized spacial score (nSPS) is 53.5. The van der Waals surface area contributed by atoms with Crippen LogP contribution in [0.15, 0.2) is 12.2 Å². The van der Waals surface area contributed by atoms with Crippen molar-refractivity contribution in [3.05, 3.63) is 12.2 Å². The zero-order chi connectivity index (χ0) is 15.5. The van der Waals surface area contributed by atoms with Crippen LogP contribution in [0.4, 0.5) is 0 Å². The minimum absolute atomic E-state index is 0.287. The monoisotopic (exact) mass is 300 g/mol. The molecule has 4 aliphatic carbocycles. The van der Waals surface area contributed by atoms with Crippen LogP contribution in [0.5, 0.6) is 0 Å². The lowest BCUT2D eigenvalue weighted by Gasteiger charge is -2.58. The Morgan fingerprint density at radius 2 is 1.68 bits per heavy atom. The van der Waals surface area contributed by atoms with E-state index in [1.807, 2.05) is 6.92 Å². The highest BCUT2D eigenvalue weighted by Gasteiger charge is 2.59. The molecule has 22 heavy (non-hydrogen) atoms. The number of rotatable bonds is 1. The number of carbonyl (C=O) groups excluding carboxylic acids is 1. The van der Waals surface area contributed by atoms with E-state index in [0.717, 1.165) is 30.1 Å². The Balaban J connectivity index is 1.68. The van der Waals surface area contributed by atoms with Gasteiger partial charge in [0.15, 0.2) is 0 Å². The molecule has 0 heterocycles. The van der Waals surface area contributed by atoms with Gasteiger partial charge in [0, 0.05) is 5.92 Å². The second-order valence-electron chi connectivity index (χ2n) is 9.32. The van der Waals surface area contributed by atoms with E-state index in [2.05, 4.69) is 26.0 Å². The van der Waals surface area contributed by atoms with Gasteiger partial charge in [-0.2, -0.15) is 0 Å². The Morgan fingerprint density at radius 1 is 0.909 bits per heavy atom. The highest BCUT2D eigenvalue weighted by molar-refractivity contribution is 5.79. The second-order valence-corrected chi connectivity index (χ2v) is 9.32. The van der Waals surface area contributed by atoms with E-state index in [1.54, 1.807) is 0 Å². The second kappa shape index (κ2) is 4.95. The SMILES string of the molecule is CC(=O)[C@H]1CC[C@H]2[C@@H]3C=CC4CCCC[C@]4(C)[C@H]3CC[C@]12C. The minimum atomic E-state index is 0.287. The molecule has 7 atom stereocenters. The first-order valence-electron chi connectivity index (χ1n) is 9.65. The van der Waals surface area contributed by atoms with Gasteiger partial charge in [0.1, 0.15) is 5.78 Å². The lowest BCUT2D eigenvalue weighted by atomic mass is 9.47. The molecule has 1 nitrogen and oxygen atoms in total. The number of hydrogen-bond donors (Lipinski definition) is 0. The van der Waals surface area contributed by atoms with Crippen molar-refractivity contribution in [2.75, 3.05) is 0 Å². The van der Waals surface area contributed by atoms with E-state index in [-0.39, 0.29) is 5.41 Å². The van der Waals surface area contributed by atoms with Crippen LogP contribution in [0.25, 0.3) is 0 Å². The first kappa shape index (κ1) is 15.0. The van der Waals surface area contributed by atoms with E-state index < -0.39 is 0 Å². The summed E-state index contributed by atoms with van der Waals surface area (Å²) in [6.45, 7) is 6.87. The summed E-state index contributed by atoms with van der Waals surface area (Å²) in [5.74, 6) is 4.01. The number of ketones is 1. The van der Waals surface area contributed by atoms with E-state index >= 15 is 0 Å². The zero-order valence-corrected chi connectivity index (χ0v) is 14.6. The summed E-state index contributed by atoms with van der Waals surface area (Å²) in [6.07, 6.45) is 16.0. The van der Waals surface area contributed by atoms with Crippen LogP contribution < -0.4 is 0 Å². The maximum Gasteiger partial charge on any atom is 0.133 e. The van der Waals surface area contributed by atoms with Gasteiger partial charge in [-0.1, -0.05) is 38.8 Å². The van der Waals surface area contributed by atoms with Crippen molar-refractivity contribution in [2.45, 2.75) is 72.1 Å². The highest BCUT2D eigenvalue weighted by atomic mass is 16.1. The van der Waals surface area contributed by atoms with Crippen LogP contribution in [0.3, 0.4) is 0 Å². The molecule has 0 radical (unpaired) electrons. The minimum Gasteiger partial charge on any atom is -0.300 e. The van der Waals surface area contributed by atoms with Crippen LogP contribution >= 0.6 is 0 Å². The van der Waals surface area contributed by atoms with Crippen LogP contribution in [0.2, 0.25) is 0 Å². The number of Topliss-reactive ketones (excluding diaryl/α,β-unsaturated/α-hetero) is 1. The third-order valence-electron chi connectivity index (χ3n) is 8.56. The number of hydrogen-bond acceptors (Lipinski definition) is 1. The maximum atomic E-state index is 12.1. The summed E-state index contributed by atoms with van der Waals surface area (Å²) in [7, 11) is 0. The molecule has 0 amide bonds. The van der Waals surface area contributed by atoms with Gasteiger partial charge in [0.05, 0.1) is 0 Å². The van der Waals surface area contributed by atoms with E-state index in [9.17, 15) is 4.79 Å². The largest absolute Gasteiger partial charge is 0.300 e. The van der Waals surface area contributed by atoms with Gasteiger partial charge in [-0.15, -0.1) is 0 Å². The molecule has 0 aromatic rings. The molecule has 0 spiro atoms. The fraction of sp³-hybridized carbons (Fsp3) is 0.857. The molecule has 0 saturated heterocycles. The summed E-state index contributed by atoms with van der Waals surface area (Å²) in [5.41, 5.74) is 0.836. The molecule has 1 heteroatoms. The lowest BCUT2D eigenvalue weighted by Crippen LogP contribution is -2.51. The Bertz CT molecular complexity index is 506. The Labute approximate surface area is 135 Å². The van der Waals surface area contributed by atoms with Crippen molar-refractivity contribution >= 4 is 5.78 Å². The predicted octanol–water partition coefficient (Wildman–Crippen LogP) is 5.40. The third kappa shape index (κ3) is 1.86. The molecule has 3 saturated carbocycles. The number of allylic oxidation sites excluding steroid dienone is 2. The van der Waals surface area contributed by atoms with Crippen molar-refractivity contribution in [1.82, 2.24) is 0 Å². The Kier molecular flexibility index (Phi) is 3.37. The average Bonchev–Trinajstić information content (AvgIpc) is 2.84. The average molecular weight is 300 g/mol. The molecule has 0 N–H and O–H groups in total. The van der Waals surface area contributed by atoms with E-state index in [0.29, 0.717) is 17.1 Å². The van der Waals surface area contributed by atoms with Crippen molar-refractivity contribution in [3.63, 3.8) is 0 Å². The van der Waals surface area contributed by atoms with Gasteiger partial charge in [0.2, 0.25) is 0 Å². The summed E-state index contributed by atoms with van der Waals surface area (Å²) >= 11 is 0. The Hall–Kier alpha value is -0.590.